The first-order chi connectivity index (χ1) is 8.54. The number of nitrogens with zero attached hydrogens (tertiary/aromatic N) is 2. The lowest BCUT2D eigenvalue weighted by Gasteiger charge is -2.25. The first-order valence-corrected chi connectivity index (χ1v) is 6.08. The molecule has 96 valence electrons. The van der Waals surface area contributed by atoms with Crippen LogP contribution in [0.15, 0.2) is 36.7 Å². The van der Waals surface area contributed by atoms with Crippen LogP contribution in [0.1, 0.15) is 25.2 Å². The van der Waals surface area contributed by atoms with Gasteiger partial charge in [-0.05, 0) is 19.9 Å². The summed E-state index contributed by atoms with van der Waals surface area (Å²) >= 11 is 0. The molecule has 0 aliphatic carbocycles. The molecular weight excluding hydrogens is 229 g/mol. The van der Waals surface area contributed by atoms with E-state index in [0.29, 0.717) is 12.0 Å². The number of rotatable bonds is 4. The number of imidazole rings is 1. The predicted molar refractivity (Wildman–Crippen MR) is 69.5 cm³/mol. The van der Waals surface area contributed by atoms with Gasteiger partial charge in [0.1, 0.15) is 11.6 Å². The van der Waals surface area contributed by atoms with Crippen molar-refractivity contribution in [3.8, 4) is 0 Å². The van der Waals surface area contributed by atoms with Crippen LogP contribution in [0.2, 0.25) is 0 Å². The highest BCUT2D eigenvalue weighted by atomic mass is 19.1. The van der Waals surface area contributed by atoms with Gasteiger partial charge in [0.05, 0.1) is 0 Å². The van der Waals surface area contributed by atoms with E-state index in [-0.39, 0.29) is 5.82 Å². The van der Waals surface area contributed by atoms with Crippen LogP contribution < -0.4 is 5.73 Å². The van der Waals surface area contributed by atoms with Crippen LogP contribution in [0, 0.1) is 5.82 Å². The van der Waals surface area contributed by atoms with Crippen molar-refractivity contribution in [3.05, 3.63) is 53.9 Å². The molecule has 3 nitrogen and oxygen atoms in total. The second kappa shape index (κ2) is 4.90. The molecule has 0 saturated carbocycles. The van der Waals surface area contributed by atoms with E-state index in [0.717, 1.165) is 12.4 Å². The van der Waals surface area contributed by atoms with Crippen LogP contribution in [-0.2, 0) is 18.5 Å². The van der Waals surface area contributed by atoms with E-state index in [1.165, 1.54) is 6.07 Å². The lowest BCUT2D eigenvalue weighted by atomic mass is 9.89. The summed E-state index contributed by atoms with van der Waals surface area (Å²) in [5.41, 5.74) is 6.02. The Hall–Kier alpha value is -1.68. The maximum Gasteiger partial charge on any atom is 0.128 e. The maximum atomic E-state index is 13.8. The van der Waals surface area contributed by atoms with E-state index in [1.807, 2.05) is 24.6 Å². The number of aryl methyl sites for hydroxylation is 1. The lowest BCUT2D eigenvalue weighted by Crippen LogP contribution is -2.37. The highest BCUT2D eigenvalue weighted by molar-refractivity contribution is 5.26. The Morgan fingerprint density at radius 1 is 1.39 bits per heavy atom. The van der Waals surface area contributed by atoms with Gasteiger partial charge in [-0.1, -0.05) is 18.2 Å². The lowest BCUT2D eigenvalue weighted by molar-refractivity contribution is 0.439. The van der Waals surface area contributed by atoms with Crippen molar-refractivity contribution in [2.75, 3.05) is 0 Å². The summed E-state index contributed by atoms with van der Waals surface area (Å²) in [6.07, 6.45) is 4.16. The van der Waals surface area contributed by atoms with Gasteiger partial charge in [-0.2, -0.15) is 0 Å². The zero-order valence-electron chi connectivity index (χ0n) is 10.7. The standard InChI is InChI=1S/C14H18FN3/c1-3-18-9-8-17-13(18)10-14(2,16)11-6-4-5-7-12(11)15/h4-9H,3,10,16H2,1-2H3. The molecule has 0 aliphatic rings. The van der Waals surface area contributed by atoms with E-state index >= 15 is 0 Å². The minimum Gasteiger partial charge on any atom is -0.335 e. The van der Waals surface area contributed by atoms with Gasteiger partial charge in [0, 0.05) is 36.5 Å². The van der Waals surface area contributed by atoms with Crippen molar-refractivity contribution in [1.29, 1.82) is 0 Å². The molecule has 1 aromatic heterocycles. The summed E-state index contributed by atoms with van der Waals surface area (Å²) in [7, 11) is 0. The predicted octanol–water partition coefficient (Wildman–Crippen LogP) is 2.46. The third kappa shape index (κ3) is 2.43. The van der Waals surface area contributed by atoms with Gasteiger partial charge < -0.3 is 10.3 Å². The van der Waals surface area contributed by atoms with Crippen LogP contribution in [0.25, 0.3) is 0 Å². The van der Waals surface area contributed by atoms with Crippen molar-refractivity contribution in [1.82, 2.24) is 9.55 Å². The van der Waals surface area contributed by atoms with Gasteiger partial charge in [-0.25, -0.2) is 9.37 Å². The van der Waals surface area contributed by atoms with Crippen molar-refractivity contribution in [3.63, 3.8) is 0 Å². The quantitative estimate of drug-likeness (QED) is 0.902. The molecule has 0 spiro atoms. The monoisotopic (exact) mass is 247 g/mol. The molecule has 0 amide bonds. The molecule has 4 heteroatoms. The molecule has 0 saturated heterocycles. The van der Waals surface area contributed by atoms with Gasteiger partial charge in [0.25, 0.3) is 0 Å². The van der Waals surface area contributed by atoms with Crippen LogP contribution >= 0.6 is 0 Å². The van der Waals surface area contributed by atoms with E-state index in [4.69, 9.17) is 5.73 Å². The van der Waals surface area contributed by atoms with Gasteiger partial charge in [-0.3, -0.25) is 0 Å². The summed E-state index contributed by atoms with van der Waals surface area (Å²) in [6.45, 7) is 4.71. The maximum absolute atomic E-state index is 13.8. The van der Waals surface area contributed by atoms with Gasteiger partial charge >= 0.3 is 0 Å². The Morgan fingerprint density at radius 3 is 2.78 bits per heavy atom. The second-order valence-electron chi connectivity index (χ2n) is 4.70. The van der Waals surface area contributed by atoms with E-state index in [2.05, 4.69) is 4.98 Å². The van der Waals surface area contributed by atoms with Crippen LogP contribution in [-0.4, -0.2) is 9.55 Å². The highest BCUT2D eigenvalue weighted by Crippen LogP contribution is 2.24. The number of nitrogens with two attached hydrogens (primary N) is 1. The Kier molecular flexibility index (Phi) is 3.48. The summed E-state index contributed by atoms with van der Waals surface area (Å²) < 4.78 is 15.8. The number of hydrogen-bond donors (Lipinski definition) is 1. The molecule has 1 aromatic carbocycles. The van der Waals surface area contributed by atoms with Gasteiger partial charge in [0.2, 0.25) is 0 Å². The molecule has 2 N–H and O–H groups in total. The zero-order chi connectivity index (χ0) is 13.2. The van der Waals surface area contributed by atoms with Gasteiger partial charge in [0.15, 0.2) is 0 Å². The molecule has 18 heavy (non-hydrogen) atoms. The summed E-state index contributed by atoms with van der Waals surface area (Å²) in [5, 5.41) is 0. The number of aromatic nitrogens is 2. The van der Waals surface area contributed by atoms with Crippen LogP contribution in [0.3, 0.4) is 0 Å². The third-order valence-electron chi connectivity index (χ3n) is 3.16. The van der Waals surface area contributed by atoms with Crippen molar-refractivity contribution >= 4 is 0 Å². The first-order valence-electron chi connectivity index (χ1n) is 6.08. The smallest absolute Gasteiger partial charge is 0.128 e. The average Bonchev–Trinajstić information content (AvgIpc) is 2.76. The highest BCUT2D eigenvalue weighted by Gasteiger charge is 2.26. The molecule has 0 radical (unpaired) electrons. The fourth-order valence-corrected chi connectivity index (χ4v) is 2.14. The topological polar surface area (TPSA) is 43.8 Å². The number of benzene rings is 1. The minimum atomic E-state index is -0.760. The fourth-order valence-electron chi connectivity index (χ4n) is 2.14. The second-order valence-corrected chi connectivity index (χ2v) is 4.70. The van der Waals surface area contributed by atoms with E-state index in [9.17, 15) is 4.39 Å². The van der Waals surface area contributed by atoms with Crippen molar-refractivity contribution in [2.24, 2.45) is 5.73 Å². The molecule has 1 unspecified atom stereocenters. The first kappa shape index (κ1) is 12.8. The van der Waals surface area contributed by atoms with Crippen molar-refractivity contribution in [2.45, 2.75) is 32.4 Å². The Balaban J connectivity index is 2.30. The Morgan fingerprint density at radius 2 is 2.11 bits per heavy atom. The van der Waals surface area contributed by atoms with Crippen LogP contribution in [0.5, 0.6) is 0 Å². The zero-order valence-corrected chi connectivity index (χ0v) is 10.7. The Bertz CT molecular complexity index is 531. The SMILES string of the molecule is CCn1ccnc1CC(C)(N)c1ccccc1F. The molecule has 2 aromatic rings. The largest absolute Gasteiger partial charge is 0.335 e. The molecule has 0 aliphatic heterocycles. The summed E-state index contributed by atoms with van der Waals surface area (Å²) in [4.78, 5) is 4.29. The van der Waals surface area contributed by atoms with E-state index < -0.39 is 5.54 Å². The average molecular weight is 247 g/mol. The Labute approximate surface area is 106 Å². The summed E-state index contributed by atoms with van der Waals surface area (Å²) in [6, 6.07) is 6.64. The summed E-state index contributed by atoms with van der Waals surface area (Å²) in [5.74, 6) is 0.614. The molecule has 0 fully saturated rings. The number of hydrogen-bond acceptors (Lipinski definition) is 2. The minimum absolute atomic E-state index is 0.267. The molecule has 2 rings (SSSR count). The fraction of sp³-hybridized carbons (Fsp3) is 0.357. The van der Waals surface area contributed by atoms with Gasteiger partial charge in [-0.15, -0.1) is 0 Å². The van der Waals surface area contributed by atoms with E-state index in [1.54, 1.807) is 24.4 Å². The third-order valence-corrected chi connectivity index (χ3v) is 3.16. The van der Waals surface area contributed by atoms with Crippen LogP contribution in [0.4, 0.5) is 4.39 Å². The molecule has 0 bridgehead atoms. The number of halogens is 1. The molecule has 1 atom stereocenters. The normalized spacial score (nSPS) is 14.4. The van der Waals surface area contributed by atoms with Crippen molar-refractivity contribution < 1.29 is 4.39 Å². The molecule has 1 heterocycles. The molecular formula is C14H18FN3.